The summed E-state index contributed by atoms with van der Waals surface area (Å²) in [5, 5.41) is 13.6. The molecular formula is C27H29NO5. The van der Waals surface area contributed by atoms with Gasteiger partial charge < -0.3 is 19.4 Å². The molecule has 6 nitrogen and oxygen atoms in total. The molecule has 0 aliphatic rings. The normalized spacial score (nSPS) is 12.1. The summed E-state index contributed by atoms with van der Waals surface area (Å²) in [5.41, 5.74) is 4.74. The first-order chi connectivity index (χ1) is 16.0. The molecule has 0 spiro atoms. The van der Waals surface area contributed by atoms with Gasteiger partial charge in [-0.05, 0) is 48.2 Å². The van der Waals surface area contributed by atoms with Crippen LogP contribution < -0.4 is 4.74 Å². The molecule has 3 aromatic rings. The van der Waals surface area contributed by atoms with Gasteiger partial charge in [-0.1, -0.05) is 65.8 Å². The summed E-state index contributed by atoms with van der Waals surface area (Å²) in [5.74, 6) is -0.373. The Bertz CT molecular complexity index is 1080. The van der Waals surface area contributed by atoms with Crippen molar-refractivity contribution in [2.75, 3.05) is 7.11 Å². The second-order valence-electron chi connectivity index (χ2n) is 7.82. The van der Waals surface area contributed by atoms with Crippen molar-refractivity contribution in [3.8, 4) is 16.9 Å². The fourth-order valence-corrected chi connectivity index (χ4v) is 3.49. The summed E-state index contributed by atoms with van der Waals surface area (Å²) < 4.78 is 10.9. The van der Waals surface area contributed by atoms with Gasteiger partial charge in [-0.15, -0.1) is 0 Å². The van der Waals surface area contributed by atoms with E-state index in [-0.39, 0.29) is 12.5 Å². The fraction of sp³-hybridized carbons (Fsp3) is 0.259. The summed E-state index contributed by atoms with van der Waals surface area (Å²) in [6.45, 7) is 3.94. The molecule has 0 radical (unpaired) electrons. The van der Waals surface area contributed by atoms with E-state index in [9.17, 15) is 9.90 Å². The van der Waals surface area contributed by atoms with Crippen LogP contribution in [0.2, 0.25) is 0 Å². The standard InChI is InChI=1S/C27H29NO5/c1-19(2)33-26(27(29)30)16-20-13-14-25(31-3)23(15-20)17-28-32-18-22-11-7-8-12-24(22)21-9-5-4-6-10-21/h4-15,17,19,26H,16,18H2,1-3H3,(H,29,30). The molecule has 172 valence electrons. The number of aliphatic carboxylic acids is 1. The van der Waals surface area contributed by atoms with Crippen molar-refractivity contribution < 1.29 is 24.2 Å². The van der Waals surface area contributed by atoms with Crippen molar-refractivity contribution in [2.24, 2.45) is 5.16 Å². The van der Waals surface area contributed by atoms with Crippen molar-refractivity contribution in [1.82, 2.24) is 0 Å². The quantitative estimate of drug-likeness (QED) is 0.317. The predicted octanol–water partition coefficient (Wildman–Crippen LogP) is 5.33. The SMILES string of the molecule is COc1ccc(CC(OC(C)C)C(=O)O)cc1C=NOCc1ccccc1-c1ccccc1. The van der Waals surface area contributed by atoms with Crippen LogP contribution in [0.1, 0.15) is 30.5 Å². The van der Waals surface area contributed by atoms with Gasteiger partial charge in [0.2, 0.25) is 0 Å². The minimum atomic E-state index is -0.991. The van der Waals surface area contributed by atoms with Gasteiger partial charge in [0.15, 0.2) is 6.10 Å². The minimum absolute atomic E-state index is 0.183. The van der Waals surface area contributed by atoms with Gasteiger partial charge in [0.05, 0.1) is 19.4 Å². The molecule has 3 aromatic carbocycles. The average Bonchev–Trinajstić information content (AvgIpc) is 2.82. The molecule has 3 rings (SSSR count). The van der Waals surface area contributed by atoms with Crippen LogP contribution in [0, 0.1) is 0 Å². The Morgan fingerprint density at radius 1 is 1.03 bits per heavy atom. The molecule has 0 aliphatic heterocycles. The minimum Gasteiger partial charge on any atom is -0.496 e. The number of carbonyl (C=O) groups is 1. The smallest absolute Gasteiger partial charge is 0.333 e. The molecule has 1 N–H and O–H groups in total. The van der Waals surface area contributed by atoms with Crippen LogP contribution in [0.4, 0.5) is 0 Å². The third-order valence-electron chi connectivity index (χ3n) is 5.02. The van der Waals surface area contributed by atoms with E-state index in [0.717, 1.165) is 22.3 Å². The Balaban J connectivity index is 1.71. The molecule has 0 saturated heterocycles. The van der Waals surface area contributed by atoms with Crippen LogP contribution in [-0.4, -0.2) is 36.6 Å². The van der Waals surface area contributed by atoms with Gasteiger partial charge in [-0.25, -0.2) is 4.79 Å². The number of carboxylic acid groups (broad SMARTS) is 1. The number of rotatable bonds is 11. The first-order valence-corrected chi connectivity index (χ1v) is 10.8. The van der Waals surface area contributed by atoms with Crippen LogP contribution in [0.3, 0.4) is 0 Å². The molecule has 0 heterocycles. The molecule has 6 heteroatoms. The lowest BCUT2D eigenvalue weighted by Gasteiger charge is -2.17. The maximum atomic E-state index is 11.5. The fourth-order valence-electron chi connectivity index (χ4n) is 3.49. The number of ether oxygens (including phenoxy) is 2. The van der Waals surface area contributed by atoms with Crippen LogP contribution in [0.25, 0.3) is 11.1 Å². The summed E-state index contributed by atoms with van der Waals surface area (Å²) in [6, 6.07) is 23.6. The third-order valence-corrected chi connectivity index (χ3v) is 5.02. The van der Waals surface area contributed by atoms with Gasteiger partial charge in [-0.2, -0.15) is 0 Å². The topological polar surface area (TPSA) is 77.4 Å². The van der Waals surface area contributed by atoms with Gasteiger partial charge >= 0.3 is 5.97 Å². The molecule has 0 saturated carbocycles. The number of hydrogen-bond donors (Lipinski definition) is 1. The number of methoxy groups -OCH3 is 1. The Hall–Kier alpha value is -3.64. The summed E-state index contributed by atoms with van der Waals surface area (Å²) in [6.07, 6.45) is 0.711. The molecule has 0 amide bonds. The molecule has 0 bridgehead atoms. The van der Waals surface area contributed by atoms with E-state index < -0.39 is 12.1 Å². The lowest BCUT2D eigenvalue weighted by atomic mass is 10.0. The average molecular weight is 448 g/mol. The van der Waals surface area contributed by atoms with E-state index >= 15 is 0 Å². The van der Waals surface area contributed by atoms with Crippen molar-refractivity contribution >= 4 is 12.2 Å². The second-order valence-corrected chi connectivity index (χ2v) is 7.82. The zero-order valence-electron chi connectivity index (χ0n) is 19.1. The first-order valence-electron chi connectivity index (χ1n) is 10.8. The van der Waals surface area contributed by atoms with Gasteiger partial charge in [-0.3, -0.25) is 0 Å². The second kappa shape index (κ2) is 11.8. The molecule has 0 fully saturated rings. The molecule has 1 unspecified atom stereocenters. The van der Waals surface area contributed by atoms with E-state index in [0.29, 0.717) is 17.9 Å². The van der Waals surface area contributed by atoms with E-state index in [2.05, 4.69) is 23.4 Å². The Morgan fingerprint density at radius 2 is 1.76 bits per heavy atom. The number of hydrogen-bond acceptors (Lipinski definition) is 5. The number of oxime groups is 1. The van der Waals surface area contributed by atoms with Gasteiger partial charge in [0, 0.05) is 12.0 Å². The summed E-state index contributed by atoms with van der Waals surface area (Å²) in [7, 11) is 1.57. The number of benzene rings is 3. The summed E-state index contributed by atoms with van der Waals surface area (Å²) in [4.78, 5) is 17.1. The Morgan fingerprint density at radius 3 is 2.45 bits per heavy atom. The van der Waals surface area contributed by atoms with Crippen LogP contribution >= 0.6 is 0 Å². The van der Waals surface area contributed by atoms with Crippen molar-refractivity contribution in [2.45, 2.75) is 39.1 Å². The highest BCUT2D eigenvalue weighted by Crippen LogP contribution is 2.24. The molecular weight excluding hydrogens is 418 g/mol. The number of nitrogens with zero attached hydrogens (tertiary/aromatic N) is 1. The Labute approximate surface area is 194 Å². The van der Waals surface area contributed by atoms with Crippen molar-refractivity contribution in [1.29, 1.82) is 0 Å². The van der Waals surface area contributed by atoms with E-state index in [1.54, 1.807) is 19.4 Å². The molecule has 1 atom stereocenters. The highest BCUT2D eigenvalue weighted by Gasteiger charge is 2.20. The predicted molar refractivity (Wildman–Crippen MR) is 129 cm³/mol. The third kappa shape index (κ3) is 6.92. The zero-order valence-corrected chi connectivity index (χ0v) is 19.1. The van der Waals surface area contributed by atoms with E-state index in [1.165, 1.54) is 0 Å². The molecule has 0 aromatic heterocycles. The van der Waals surface area contributed by atoms with E-state index in [1.807, 2.05) is 62.4 Å². The Kier molecular flexibility index (Phi) is 8.61. The maximum absolute atomic E-state index is 11.5. The largest absolute Gasteiger partial charge is 0.496 e. The number of carboxylic acids is 1. The van der Waals surface area contributed by atoms with Gasteiger partial charge in [0.25, 0.3) is 0 Å². The maximum Gasteiger partial charge on any atom is 0.333 e. The van der Waals surface area contributed by atoms with E-state index in [4.69, 9.17) is 14.3 Å². The molecule has 33 heavy (non-hydrogen) atoms. The zero-order chi connectivity index (χ0) is 23.6. The highest BCUT2D eigenvalue weighted by molar-refractivity contribution is 5.83. The van der Waals surface area contributed by atoms with Crippen LogP contribution in [0.15, 0.2) is 78.0 Å². The lowest BCUT2D eigenvalue weighted by Crippen LogP contribution is -2.29. The highest BCUT2D eigenvalue weighted by atomic mass is 16.6. The van der Waals surface area contributed by atoms with Gasteiger partial charge in [0.1, 0.15) is 12.4 Å². The summed E-state index contributed by atoms with van der Waals surface area (Å²) >= 11 is 0. The molecule has 0 aliphatic carbocycles. The van der Waals surface area contributed by atoms with Crippen LogP contribution in [-0.2, 0) is 27.4 Å². The first kappa shape index (κ1) is 24.0. The van der Waals surface area contributed by atoms with Crippen molar-refractivity contribution in [3.63, 3.8) is 0 Å². The monoisotopic (exact) mass is 447 g/mol. The van der Waals surface area contributed by atoms with Crippen molar-refractivity contribution in [3.05, 3.63) is 89.5 Å². The van der Waals surface area contributed by atoms with Crippen LogP contribution in [0.5, 0.6) is 5.75 Å². The lowest BCUT2D eigenvalue weighted by molar-refractivity contribution is -0.153.